The molecule has 1 aliphatic carbocycles. The van der Waals surface area contributed by atoms with Gasteiger partial charge in [-0.1, -0.05) is 19.3 Å². The molecule has 0 amide bonds. The van der Waals surface area contributed by atoms with Gasteiger partial charge < -0.3 is 10.5 Å². The summed E-state index contributed by atoms with van der Waals surface area (Å²) in [7, 11) is -2.03. The summed E-state index contributed by atoms with van der Waals surface area (Å²) in [5.74, 6) is -0.645. The molecule has 100 valence electrons. The first kappa shape index (κ1) is 14.4. The average molecular weight is 263 g/mol. The van der Waals surface area contributed by atoms with Crippen LogP contribution in [0.5, 0.6) is 0 Å². The zero-order valence-electron chi connectivity index (χ0n) is 10.2. The molecule has 0 spiro atoms. The van der Waals surface area contributed by atoms with Crippen LogP contribution in [0.15, 0.2) is 0 Å². The van der Waals surface area contributed by atoms with Gasteiger partial charge in [-0.3, -0.25) is 4.79 Å². The molecular weight excluding hydrogens is 242 g/mol. The first-order valence-electron chi connectivity index (χ1n) is 6.01. The Morgan fingerprint density at radius 2 is 1.94 bits per heavy atom. The molecule has 5 nitrogen and oxygen atoms in total. The van der Waals surface area contributed by atoms with Crippen LogP contribution in [-0.2, 0) is 19.4 Å². The van der Waals surface area contributed by atoms with E-state index in [0.717, 1.165) is 25.7 Å². The van der Waals surface area contributed by atoms with E-state index in [4.69, 9.17) is 5.73 Å². The Labute approximate surface area is 103 Å². The normalized spacial score (nSPS) is 26.2. The van der Waals surface area contributed by atoms with Gasteiger partial charge in [0.15, 0.2) is 9.84 Å². The van der Waals surface area contributed by atoms with E-state index in [0.29, 0.717) is 6.42 Å². The predicted molar refractivity (Wildman–Crippen MR) is 65.3 cm³/mol. The molecule has 0 radical (unpaired) electrons. The zero-order valence-corrected chi connectivity index (χ0v) is 11.0. The summed E-state index contributed by atoms with van der Waals surface area (Å²) < 4.78 is 28.6. The van der Waals surface area contributed by atoms with E-state index in [1.807, 2.05) is 0 Å². The number of carbonyl (C=O) groups excluding carboxylic acids is 1. The fourth-order valence-corrected chi connectivity index (χ4v) is 4.18. The highest BCUT2D eigenvalue weighted by molar-refractivity contribution is 7.92. The number of carbonyl (C=O) groups is 1. The van der Waals surface area contributed by atoms with E-state index >= 15 is 0 Å². The van der Waals surface area contributed by atoms with Crippen LogP contribution in [0.3, 0.4) is 0 Å². The zero-order chi connectivity index (χ0) is 12.9. The molecular formula is C11H21NO4S. The van der Waals surface area contributed by atoms with Crippen LogP contribution in [0.4, 0.5) is 0 Å². The second-order valence-corrected chi connectivity index (χ2v) is 6.87. The summed E-state index contributed by atoms with van der Waals surface area (Å²) in [5, 5.41) is -0.491. The molecule has 6 heteroatoms. The highest BCUT2D eigenvalue weighted by Gasteiger charge is 2.32. The summed E-state index contributed by atoms with van der Waals surface area (Å²) >= 11 is 0. The molecule has 17 heavy (non-hydrogen) atoms. The van der Waals surface area contributed by atoms with E-state index in [-0.39, 0.29) is 18.2 Å². The standard InChI is InChI=1S/C11H21NO4S/c1-16-11(13)7-8-17(14,15)10-6-4-2-3-5-9(10)12/h9-10H,2-8,12H2,1H3. The van der Waals surface area contributed by atoms with Gasteiger partial charge in [-0.25, -0.2) is 8.42 Å². The van der Waals surface area contributed by atoms with Gasteiger partial charge in [-0.05, 0) is 12.8 Å². The van der Waals surface area contributed by atoms with Crippen LogP contribution in [-0.4, -0.2) is 38.5 Å². The molecule has 0 bridgehead atoms. The maximum atomic E-state index is 12.1. The van der Waals surface area contributed by atoms with Crippen molar-refractivity contribution in [2.45, 2.75) is 49.8 Å². The van der Waals surface area contributed by atoms with Gasteiger partial charge in [-0.15, -0.1) is 0 Å². The number of hydrogen-bond acceptors (Lipinski definition) is 5. The number of methoxy groups -OCH3 is 1. The first-order valence-corrected chi connectivity index (χ1v) is 7.73. The van der Waals surface area contributed by atoms with Gasteiger partial charge in [0.2, 0.25) is 0 Å². The molecule has 0 aromatic heterocycles. The molecule has 1 saturated carbocycles. The number of hydrogen-bond donors (Lipinski definition) is 1. The van der Waals surface area contributed by atoms with Gasteiger partial charge in [0, 0.05) is 6.04 Å². The lowest BCUT2D eigenvalue weighted by Crippen LogP contribution is -2.41. The van der Waals surface area contributed by atoms with Crippen LogP contribution in [0.1, 0.15) is 38.5 Å². The van der Waals surface area contributed by atoms with Gasteiger partial charge in [-0.2, -0.15) is 0 Å². The second kappa shape index (κ2) is 6.35. The summed E-state index contributed by atoms with van der Waals surface area (Å²) in [4.78, 5) is 11.0. The lowest BCUT2D eigenvalue weighted by molar-refractivity contribution is -0.140. The molecule has 1 aliphatic rings. The topological polar surface area (TPSA) is 86.5 Å². The summed E-state index contributed by atoms with van der Waals surface area (Å²) in [5.41, 5.74) is 5.91. The molecule has 2 N–H and O–H groups in total. The quantitative estimate of drug-likeness (QED) is 0.593. The van der Waals surface area contributed by atoms with Crippen LogP contribution in [0.2, 0.25) is 0 Å². The van der Waals surface area contributed by atoms with Crippen molar-refractivity contribution in [3.63, 3.8) is 0 Å². The third kappa shape index (κ3) is 4.27. The molecule has 1 fully saturated rings. The highest BCUT2D eigenvalue weighted by Crippen LogP contribution is 2.23. The van der Waals surface area contributed by atoms with Crippen molar-refractivity contribution in [1.82, 2.24) is 0 Å². The third-order valence-corrected chi connectivity index (χ3v) is 5.56. The minimum Gasteiger partial charge on any atom is -0.469 e. The average Bonchev–Trinajstić information content (AvgIpc) is 2.51. The Kier molecular flexibility index (Phi) is 5.39. The van der Waals surface area contributed by atoms with Crippen LogP contribution in [0.25, 0.3) is 0 Å². The number of rotatable bonds is 4. The van der Waals surface area contributed by atoms with Gasteiger partial charge in [0.1, 0.15) is 0 Å². The van der Waals surface area contributed by atoms with Gasteiger partial charge in [0.25, 0.3) is 0 Å². The van der Waals surface area contributed by atoms with Gasteiger partial charge >= 0.3 is 5.97 Å². The molecule has 0 heterocycles. The third-order valence-electron chi connectivity index (χ3n) is 3.28. The van der Waals surface area contributed by atoms with Crippen molar-refractivity contribution in [2.75, 3.05) is 12.9 Å². The predicted octanol–water partition coefficient (Wildman–Crippen LogP) is 0.624. The molecule has 0 aromatic carbocycles. The van der Waals surface area contributed by atoms with Crippen molar-refractivity contribution >= 4 is 15.8 Å². The fraction of sp³-hybridized carbons (Fsp3) is 0.909. The number of nitrogens with two attached hydrogens (primary N) is 1. The van der Waals surface area contributed by atoms with E-state index in [9.17, 15) is 13.2 Å². The Bertz CT molecular complexity index is 352. The Hall–Kier alpha value is -0.620. The Balaban J connectivity index is 2.64. The SMILES string of the molecule is COC(=O)CCS(=O)(=O)C1CCCCCC1N. The molecule has 0 aliphatic heterocycles. The number of sulfone groups is 1. The Morgan fingerprint density at radius 3 is 2.59 bits per heavy atom. The summed E-state index contributed by atoms with van der Waals surface area (Å²) in [6, 6.07) is -0.292. The minimum absolute atomic E-state index is 0.0813. The largest absolute Gasteiger partial charge is 0.469 e. The van der Waals surface area contributed by atoms with E-state index in [1.54, 1.807) is 0 Å². The van der Waals surface area contributed by atoms with E-state index in [1.165, 1.54) is 7.11 Å². The summed E-state index contributed by atoms with van der Waals surface area (Å²) in [6.45, 7) is 0. The highest BCUT2D eigenvalue weighted by atomic mass is 32.2. The maximum Gasteiger partial charge on any atom is 0.306 e. The van der Waals surface area contributed by atoms with Crippen LogP contribution < -0.4 is 5.73 Å². The minimum atomic E-state index is -3.29. The van der Waals surface area contributed by atoms with Crippen molar-refractivity contribution in [1.29, 1.82) is 0 Å². The second-order valence-electron chi connectivity index (χ2n) is 4.53. The molecule has 0 saturated heterocycles. The van der Waals surface area contributed by atoms with Crippen LogP contribution >= 0.6 is 0 Å². The smallest absolute Gasteiger partial charge is 0.306 e. The summed E-state index contributed by atoms with van der Waals surface area (Å²) in [6.07, 6.45) is 4.21. The number of esters is 1. The maximum absolute atomic E-state index is 12.1. The molecule has 1 rings (SSSR count). The molecule has 2 unspecified atom stereocenters. The lowest BCUT2D eigenvalue weighted by Gasteiger charge is -2.21. The van der Waals surface area contributed by atoms with Crippen molar-refractivity contribution in [2.24, 2.45) is 5.73 Å². The van der Waals surface area contributed by atoms with Gasteiger partial charge in [0.05, 0.1) is 24.5 Å². The number of ether oxygens (including phenoxy) is 1. The van der Waals surface area contributed by atoms with Crippen molar-refractivity contribution in [3.05, 3.63) is 0 Å². The molecule has 0 aromatic rings. The van der Waals surface area contributed by atoms with Crippen LogP contribution in [0, 0.1) is 0 Å². The van der Waals surface area contributed by atoms with E-state index < -0.39 is 21.1 Å². The lowest BCUT2D eigenvalue weighted by atomic mass is 10.1. The monoisotopic (exact) mass is 263 g/mol. The molecule has 2 atom stereocenters. The van der Waals surface area contributed by atoms with E-state index in [2.05, 4.69) is 4.74 Å². The van der Waals surface area contributed by atoms with Crippen molar-refractivity contribution in [3.8, 4) is 0 Å². The Morgan fingerprint density at radius 1 is 1.29 bits per heavy atom. The van der Waals surface area contributed by atoms with Crippen molar-refractivity contribution < 1.29 is 17.9 Å². The first-order chi connectivity index (χ1) is 7.97. The fourth-order valence-electron chi connectivity index (χ4n) is 2.23.